The number of hydrogen-bond acceptors (Lipinski definition) is 7. The van der Waals surface area contributed by atoms with Crippen LogP contribution in [0.5, 0.6) is 0 Å². The number of hydrogen-bond donors (Lipinski definition) is 1. The first kappa shape index (κ1) is 18.0. The summed E-state index contributed by atoms with van der Waals surface area (Å²) in [6.07, 6.45) is 3.59. The van der Waals surface area contributed by atoms with Gasteiger partial charge in [0.1, 0.15) is 10.5 Å². The van der Waals surface area contributed by atoms with E-state index in [-0.39, 0.29) is 11.8 Å². The van der Waals surface area contributed by atoms with Gasteiger partial charge in [0.25, 0.3) is 0 Å². The van der Waals surface area contributed by atoms with Crippen LogP contribution in [0, 0.1) is 5.92 Å². The second-order valence-corrected chi connectivity index (χ2v) is 8.90. The topological polar surface area (TPSA) is 110 Å². The molecule has 0 unspecified atom stereocenters. The van der Waals surface area contributed by atoms with Crippen LogP contribution in [0.1, 0.15) is 19.3 Å². The van der Waals surface area contributed by atoms with Crippen molar-refractivity contribution in [1.29, 1.82) is 0 Å². The number of aromatic nitrogens is 4. The Labute approximate surface area is 150 Å². The number of likely N-dealkylation sites (tertiary alicyclic amines) is 1. The van der Waals surface area contributed by atoms with Crippen molar-refractivity contribution in [2.75, 3.05) is 19.6 Å². The summed E-state index contributed by atoms with van der Waals surface area (Å²) in [5, 5.41) is 12.5. The number of nitrogens with one attached hydrogen (secondary N) is 1. The molecule has 1 atom stereocenters. The Morgan fingerprint density at radius 3 is 3.04 bits per heavy atom. The Morgan fingerprint density at radius 1 is 1.44 bits per heavy atom. The highest BCUT2D eigenvalue weighted by molar-refractivity contribution is 7.91. The van der Waals surface area contributed by atoms with Crippen molar-refractivity contribution in [3.05, 3.63) is 23.8 Å². The Balaban J connectivity index is 1.48. The molecule has 9 nitrogen and oxygen atoms in total. The molecule has 136 valence electrons. The van der Waals surface area contributed by atoms with E-state index in [1.54, 1.807) is 22.4 Å². The molecule has 2 aromatic heterocycles. The zero-order valence-electron chi connectivity index (χ0n) is 13.6. The number of carbonyl (C=O) groups is 1. The van der Waals surface area contributed by atoms with Crippen molar-refractivity contribution in [2.45, 2.75) is 30.0 Å². The molecule has 0 spiro atoms. The number of thiophene rings is 1. The van der Waals surface area contributed by atoms with E-state index < -0.39 is 10.0 Å². The number of rotatable bonds is 7. The minimum Gasteiger partial charge on any atom is -0.342 e. The van der Waals surface area contributed by atoms with E-state index in [4.69, 9.17) is 0 Å². The fourth-order valence-electron chi connectivity index (χ4n) is 2.82. The van der Waals surface area contributed by atoms with Gasteiger partial charge in [0, 0.05) is 26.1 Å². The fraction of sp³-hybridized carbons (Fsp3) is 0.571. The van der Waals surface area contributed by atoms with Gasteiger partial charge in [0.2, 0.25) is 15.9 Å². The number of piperidine rings is 1. The molecule has 0 aromatic carbocycles. The van der Waals surface area contributed by atoms with Gasteiger partial charge in [-0.3, -0.25) is 4.79 Å². The molecule has 2 aromatic rings. The summed E-state index contributed by atoms with van der Waals surface area (Å²) in [5.74, 6) is 0.168. The summed E-state index contributed by atoms with van der Waals surface area (Å²) in [7, 11) is -3.45. The van der Waals surface area contributed by atoms with Crippen molar-refractivity contribution < 1.29 is 13.2 Å². The van der Waals surface area contributed by atoms with Gasteiger partial charge < -0.3 is 4.90 Å². The maximum Gasteiger partial charge on any atom is 0.250 e. The van der Waals surface area contributed by atoms with Crippen LogP contribution < -0.4 is 4.72 Å². The molecule has 0 bridgehead atoms. The molecule has 1 aliphatic rings. The Bertz CT molecular complexity index is 776. The second kappa shape index (κ2) is 8.02. The average Bonchev–Trinajstić information content (AvgIpc) is 3.32. The SMILES string of the molecule is O=C(CCn1cnnn1)N1CCC[C@H](CNS(=O)(=O)c2cccs2)C1. The van der Waals surface area contributed by atoms with Gasteiger partial charge in [0.05, 0.1) is 6.54 Å². The lowest BCUT2D eigenvalue weighted by Crippen LogP contribution is -2.43. The van der Waals surface area contributed by atoms with E-state index in [1.165, 1.54) is 22.3 Å². The third kappa shape index (κ3) is 4.83. The molecule has 0 aliphatic carbocycles. The lowest BCUT2D eigenvalue weighted by molar-refractivity contribution is -0.133. The first-order valence-electron chi connectivity index (χ1n) is 8.06. The van der Waals surface area contributed by atoms with E-state index in [9.17, 15) is 13.2 Å². The number of amides is 1. The maximum absolute atomic E-state index is 12.3. The molecule has 1 N–H and O–H groups in total. The highest BCUT2D eigenvalue weighted by Gasteiger charge is 2.25. The number of carbonyl (C=O) groups excluding carboxylic acids is 1. The number of nitrogens with zero attached hydrogens (tertiary/aromatic N) is 5. The van der Waals surface area contributed by atoms with E-state index in [0.717, 1.165) is 12.8 Å². The fourth-order valence-corrected chi connectivity index (χ4v) is 4.98. The summed E-state index contributed by atoms with van der Waals surface area (Å²) >= 11 is 1.19. The summed E-state index contributed by atoms with van der Waals surface area (Å²) in [6, 6.07) is 3.30. The molecule has 25 heavy (non-hydrogen) atoms. The molecule has 1 amide bonds. The lowest BCUT2D eigenvalue weighted by Gasteiger charge is -2.32. The molecular formula is C14H20N6O3S2. The third-order valence-electron chi connectivity index (χ3n) is 4.14. The quantitative estimate of drug-likeness (QED) is 0.737. The number of aryl methyl sites for hydroxylation is 1. The molecule has 1 saturated heterocycles. The largest absolute Gasteiger partial charge is 0.342 e. The third-order valence-corrected chi connectivity index (χ3v) is 6.96. The van der Waals surface area contributed by atoms with Crippen molar-refractivity contribution in [3.63, 3.8) is 0 Å². The van der Waals surface area contributed by atoms with Gasteiger partial charge >= 0.3 is 0 Å². The highest BCUT2D eigenvalue weighted by Crippen LogP contribution is 2.19. The van der Waals surface area contributed by atoms with E-state index in [0.29, 0.717) is 36.8 Å². The van der Waals surface area contributed by atoms with Crippen molar-refractivity contribution in [2.24, 2.45) is 5.92 Å². The van der Waals surface area contributed by atoms with E-state index in [1.807, 2.05) is 0 Å². The molecule has 3 heterocycles. The molecule has 11 heteroatoms. The van der Waals surface area contributed by atoms with E-state index >= 15 is 0 Å². The number of sulfonamides is 1. The first-order valence-corrected chi connectivity index (χ1v) is 10.4. The van der Waals surface area contributed by atoms with Crippen LogP contribution >= 0.6 is 11.3 Å². The first-order chi connectivity index (χ1) is 12.0. The summed E-state index contributed by atoms with van der Waals surface area (Å²) < 4.78 is 28.9. The van der Waals surface area contributed by atoms with Crippen LogP contribution in [0.2, 0.25) is 0 Å². The minimum atomic E-state index is -3.45. The Hall–Kier alpha value is -1.85. The smallest absolute Gasteiger partial charge is 0.250 e. The predicted molar refractivity (Wildman–Crippen MR) is 91.2 cm³/mol. The molecule has 0 radical (unpaired) electrons. The average molecular weight is 384 g/mol. The van der Waals surface area contributed by atoms with Gasteiger partial charge in [0.15, 0.2) is 0 Å². The van der Waals surface area contributed by atoms with Gasteiger partial charge in [-0.05, 0) is 40.6 Å². The zero-order valence-corrected chi connectivity index (χ0v) is 15.2. The molecule has 0 saturated carbocycles. The molecule has 1 aliphatic heterocycles. The molecular weight excluding hydrogens is 364 g/mol. The zero-order chi connectivity index (χ0) is 17.7. The minimum absolute atomic E-state index is 0.0429. The van der Waals surface area contributed by atoms with Crippen LogP contribution in [-0.2, 0) is 21.4 Å². The summed E-state index contributed by atoms with van der Waals surface area (Å²) in [5.41, 5.74) is 0. The van der Waals surface area contributed by atoms with Crippen LogP contribution in [0.25, 0.3) is 0 Å². The van der Waals surface area contributed by atoms with Crippen LogP contribution in [0.15, 0.2) is 28.0 Å². The van der Waals surface area contributed by atoms with Crippen LogP contribution in [-0.4, -0.2) is 59.1 Å². The van der Waals surface area contributed by atoms with Crippen molar-refractivity contribution >= 4 is 27.3 Å². The Morgan fingerprint density at radius 2 is 2.32 bits per heavy atom. The predicted octanol–water partition coefficient (Wildman–Crippen LogP) is 0.342. The molecule has 1 fully saturated rings. The van der Waals surface area contributed by atoms with Crippen molar-refractivity contribution in [3.8, 4) is 0 Å². The van der Waals surface area contributed by atoms with E-state index in [2.05, 4.69) is 20.2 Å². The normalized spacial score (nSPS) is 18.4. The molecule has 3 rings (SSSR count). The second-order valence-electron chi connectivity index (χ2n) is 5.95. The monoisotopic (exact) mass is 384 g/mol. The number of tetrazole rings is 1. The summed E-state index contributed by atoms with van der Waals surface area (Å²) in [4.78, 5) is 14.1. The summed E-state index contributed by atoms with van der Waals surface area (Å²) in [6.45, 7) is 2.07. The van der Waals surface area contributed by atoms with Gasteiger partial charge in [-0.25, -0.2) is 17.8 Å². The van der Waals surface area contributed by atoms with Crippen LogP contribution in [0.4, 0.5) is 0 Å². The highest BCUT2D eigenvalue weighted by atomic mass is 32.2. The van der Waals surface area contributed by atoms with Gasteiger partial charge in [-0.2, -0.15) is 0 Å². The van der Waals surface area contributed by atoms with Crippen LogP contribution in [0.3, 0.4) is 0 Å². The van der Waals surface area contributed by atoms with Gasteiger partial charge in [-0.1, -0.05) is 6.07 Å². The van der Waals surface area contributed by atoms with Gasteiger partial charge in [-0.15, -0.1) is 16.4 Å². The standard InChI is InChI=1S/C14H20N6O3S2/c21-13(5-7-20-11-15-17-18-20)19-6-1-3-12(10-19)9-16-25(22,23)14-4-2-8-24-14/h2,4,8,11-12,16H,1,3,5-7,9-10H2/t12-/m1/s1. The maximum atomic E-state index is 12.3. The van der Waals surface area contributed by atoms with Crippen molar-refractivity contribution in [1.82, 2.24) is 29.8 Å². The lowest BCUT2D eigenvalue weighted by atomic mass is 9.98. The Kier molecular flexibility index (Phi) is 5.76.